The van der Waals surface area contributed by atoms with E-state index in [1.54, 1.807) is 24.3 Å². The van der Waals surface area contributed by atoms with E-state index in [4.69, 9.17) is 0 Å². The molecule has 0 unspecified atom stereocenters. The first-order valence-electron chi connectivity index (χ1n) is 5.19. The number of ketones is 1. The van der Waals surface area contributed by atoms with Crippen LogP contribution >= 0.6 is 0 Å². The molecule has 0 aliphatic carbocycles. The fraction of sp³-hybridized carbons (Fsp3) is 0.333. The van der Waals surface area contributed by atoms with Gasteiger partial charge >= 0.3 is 0 Å². The third-order valence-corrected chi connectivity index (χ3v) is 2.21. The topological polar surface area (TPSA) is 58.2 Å². The van der Waals surface area contributed by atoms with Crippen LogP contribution in [0.4, 0.5) is 0 Å². The van der Waals surface area contributed by atoms with Gasteiger partial charge in [-0.3, -0.25) is 9.59 Å². The largest absolute Gasteiger partial charge is 0.351 e. The van der Waals surface area contributed by atoms with Gasteiger partial charge in [0.05, 0.1) is 5.56 Å². The molecule has 0 atom stereocenters. The lowest BCUT2D eigenvalue weighted by Crippen LogP contribution is -2.31. The first-order chi connectivity index (χ1) is 7.66. The minimum absolute atomic E-state index is 0.0978. The molecule has 0 aliphatic heterocycles. The molecular formula is C12H16N2O2. The molecule has 0 heterocycles. The molecule has 0 saturated heterocycles. The zero-order chi connectivity index (χ0) is 12.0. The maximum atomic E-state index is 11.8. The Morgan fingerprint density at radius 3 is 2.31 bits per heavy atom. The van der Waals surface area contributed by atoms with Crippen LogP contribution in [0.5, 0.6) is 0 Å². The van der Waals surface area contributed by atoms with Gasteiger partial charge in [0.1, 0.15) is 0 Å². The predicted octanol–water partition coefficient (Wildman–Crippen LogP) is 0.838. The van der Waals surface area contributed by atoms with E-state index in [1.165, 1.54) is 6.92 Å². The summed E-state index contributed by atoms with van der Waals surface area (Å²) >= 11 is 0. The zero-order valence-corrected chi connectivity index (χ0v) is 9.54. The Bertz CT molecular complexity index is 388. The molecule has 0 spiro atoms. The molecular weight excluding hydrogens is 204 g/mol. The SMILES string of the molecule is CNCCNC(=O)c1ccccc1C(C)=O. The Balaban J connectivity index is 2.78. The first kappa shape index (κ1) is 12.4. The molecule has 0 radical (unpaired) electrons. The average Bonchev–Trinajstić information content (AvgIpc) is 2.29. The highest BCUT2D eigenvalue weighted by molar-refractivity contribution is 6.07. The van der Waals surface area contributed by atoms with Crippen LogP contribution in [0.2, 0.25) is 0 Å². The maximum Gasteiger partial charge on any atom is 0.252 e. The number of likely N-dealkylation sites (N-methyl/N-ethyl adjacent to an activating group) is 1. The number of carbonyl (C=O) groups excluding carboxylic acids is 2. The molecule has 0 fully saturated rings. The second kappa shape index (κ2) is 6.02. The first-order valence-corrected chi connectivity index (χ1v) is 5.19. The highest BCUT2D eigenvalue weighted by Gasteiger charge is 2.12. The Morgan fingerprint density at radius 2 is 1.75 bits per heavy atom. The van der Waals surface area contributed by atoms with Crippen LogP contribution in [0.25, 0.3) is 0 Å². The summed E-state index contributed by atoms with van der Waals surface area (Å²) < 4.78 is 0. The summed E-state index contributed by atoms with van der Waals surface area (Å²) in [6, 6.07) is 6.82. The van der Waals surface area contributed by atoms with Gasteiger partial charge in [0, 0.05) is 18.7 Å². The van der Waals surface area contributed by atoms with Crippen molar-refractivity contribution in [3.05, 3.63) is 35.4 Å². The minimum Gasteiger partial charge on any atom is -0.351 e. The van der Waals surface area contributed by atoms with Gasteiger partial charge in [-0.05, 0) is 20.0 Å². The summed E-state index contributed by atoms with van der Waals surface area (Å²) in [5, 5.41) is 5.67. The number of hydrogen-bond donors (Lipinski definition) is 2. The van der Waals surface area contributed by atoms with Crippen molar-refractivity contribution < 1.29 is 9.59 Å². The van der Waals surface area contributed by atoms with Crippen molar-refractivity contribution in [2.24, 2.45) is 0 Å². The van der Waals surface area contributed by atoms with Gasteiger partial charge in [-0.2, -0.15) is 0 Å². The lowest BCUT2D eigenvalue weighted by molar-refractivity contribution is 0.0939. The fourth-order valence-corrected chi connectivity index (χ4v) is 1.38. The van der Waals surface area contributed by atoms with Crippen molar-refractivity contribution in [2.75, 3.05) is 20.1 Å². The summed E-state index contributed by atoms with van der Waals surface area (Å²) in [4.78, 5) is 23.1. The van der Waals surface area contributed by atoms with E-state index in [0.717, 1.165) is 0 Å². The lowest BCUT2D eigenvalue weighted by Gasteiger charge is -2.07. The van der Waals surface area contributed by atoms with Crippen LogP contribution in [0.3, 0.4) is 0 Å². The van der Waals surface area contributed by atoms with E-state index in [9.17, 15) is 9.59 Å². The molecule has 1 aromatic carbocycles. The highest BCUT2D eigenvalue weighted by Crippen LogP contribution is 2.09. The van der Waals surface area contributed by atoms with E-state index in [1.807, 2.05) is 7.05 Å². The lowest BCUT2D eigenvalue weighted by atomic mass is 10.0. The Morgan fingerprint density at radius 1 is 1.12 bits per heavy atom. The molecule has 86 valence electrons. The third-order valence-electron chi connectivity index (χ3n) is 2.21. The number of amides is 1. The molecule has 4 heteroatoms. The zero-order valence-electron chi connectivity index (χ0n) is 9.54. The summed E-state index contributed by atoms with van der Waals surface area (Å²) in [5.74, 6) is -0.305. The maximum absolute atomic E-state index is 11.8. The van der Waals surface area contributed by atoms with Crippen molar-refractivity contribution >= 4 is 11.7 Å². The number of carbonyl (C=O) groups is 2. The molecule has 1 amide bonds. The van der Waals surface area contributed by atoms with Crippen LogP contribution in [-0.4, -0.2) is 31.8 Å². The second-order valence-corrected chi connectivity index (χ2v) is 3.46. The third kappa shape index (κ3) is 3.17. The normalized spacial score (nSPS) is 9.88. The average molecular weight is 220 g/mol. The summed E-state index contributed by atoms with van der Waals surface area (Å²) in [6.45, 7) is 2.70. The number of Topliss-reactive ketones (excluding diaryl/α,β-unsaturated/α-hetero) is 1. The van der Waals surface area contributed by atoms with E-state index in [2.05, 4.69) is 10.6 Å². The molecule has 4 nitrogen and oxygen atoms in total. The van der Waals surface area contributed by atoms with Gasteiger partial charge in [0.15, 0.2) is 5.78 Å². The van der Waals surface area contributed by atoms with E-state index >= 15 is 0 Å². The van der Waals surface area contributed by atoms with Crippen molar-refractivity contribution in [3.63, 3.8) is 0 Å². The van der Waals surface area contributed by atoms with Crippen molar-refractivity contribution in [3.8, 4) is 0 Å². The number of hydrogen-bond acceptors (Lipinski definition) is 3. The summed E-state index contributed by atoms with van der Waals surface area (Å²) in [6.07, 6.45) is 0. The van der Waals surface area contributed by atoms with Crippen LogP contribution in [0.15, 0.2) is 24.3 Å². The van der Waals surface area contributed by atoms with Gasteiger partial charge in [0.2, 0.25) is 0 Å². The molecule has 1 aromatic rings. The van der Waals surface area contributed by atoms with Gasteiger partial charge in [-0.1, -0.05) is 18.2 Å². The Kier molecular flexibility index (Phi) is 4.66. The fourth-order valence-electron chi connectivity index (χ4n) is 1.38. The summed E-state index contributed by atoms with van der Waals surface area (Å²) in [5.41, 5.74) is 0.899. The Hall–Kier alpha value is -1.68. The molecule has 0 aliphatic rings. The van der Waals surface area contributed by atoms with Gasteiger partial charge in [-0.15, -0.1) is 0 Å². The van der Waals surface area contributed by atoms with Crippen molar-refractivity contribution in [2.45, 2.75) is 6.92 Å². The van der Waals surface area contributed by atoms with Gasteiger partial charge in [-0.25, -0.2) is 0 Å². The quantitative estimate of drug-likeness (QED) is 0.571. The number of rotatable bonds is 5. The molecule has 0 bridgehead atoms. The number of nitrogens with one attached hydrogen (secondary N) is 2. The summed E-state index contributed by atoms with van der Waals surface area (Å²) in [7, 11) is 1.82. The predicted molar refractivity (Wildman–Crippen MR) is 62.7 cm³/mol. The van der Waals surface area contributed by atoms with E-state index < -0.39 is 0 Å². The van der Waals surface area contributed by atoms with Crippen LogP contribution < -0.4 is 10.6 Å². The molecule has 16 heavy (non-hydrogen) atoms. The van der Waals surface area contributed by atoms with E-state index in [0.29, 0.717) is 24.2 Å². The van der Waals surface area contributed by atoms with Gasteiger partial charge < -0.3 is 10.6 Å². The monoisotopic (exact) mass is 220 g/mol. The molecule has 0 aromatic heterocycles. The van der Waals surface area contributed by atoms with Crippen LogP contribution in [-0.2, 0) is 0 Å². The number of benzene rings is 1. The molecule has 1 rings (SSSR count). The van der Waals surface area contributed by atoms with Crippen LogP contribution in [0.1, 0.15) is 27.6 Å². The van der Waals surface area contributed by atoms with Crippen molar-refractivity contribution in [1.29, 1.82) is 0 Å². The van der Waals surface area contributed by atoms with Crippen LogP contribution in [0, 0.1) is 0 Å². The minimum atomic E-state index is -0.207. The molecule has 0 saturated carbocycles. The van der Waals surface area contributed by atoms with Crippen molar-refractivity contribution in [1.82, 2.24) is 10.6 Å². The molecule has 2 N–H and O–H groups in total. The highest BCUT2D eigenvalue weighted by atomic mass is 16.2. The van der Waals surface area contributed by atoms with E-state index in [-0.39, 0.29) is 11.7 Å². The van der Waals surface area contributed by atoms with Gasteiger partial charge in [0.25, 0.3) is 5.91 Å². The Labute approximate surface area is 95.0 Å². The second-order valence-electron chi connectivity index (χ2n) is 3.46. The standard InChI is InChI=1S/C12H16N2O2/c1-9(15)10-5-3-4-6-11(10)12(16)14-8-7-13-2/h3-6,13H,7-8H2,1-2H3,(H,14,16). The smallest absolute Gasteiger partial charge is 0.252 e.